The molecule has 1 saturated carbocycles. The molecule has 2 unspecified atom stereocenters. The van der Waals surface area contributed by atoms with Gasteiger partial charge in [0, 0.05) is 36.2 Å². The maximum atomic E-state index is 6.24. The number of hydrogen-bond donors (Lipinski definition) is 1. The maximum Gasteiger partial charge on any atom is 0.0383 e. The maximum absolute atomic E-state index is 6.24. The van der Waals surface area contributed by atoms with Gasteiger partial charge in [-0.2, -0.15) is 11.8 Å². The van der Waals surface area contributed by atoms with Crippen molar-refractivity contribution in [3.63, 3.8) is 0 Å². The molecule has 0 bridgehead atoms. The van der Waals surface area contributed by atoms with E-state index in [-0.39, 0.29) is 5.54 Å². The SMILES string of the molecule is CC1CN(C2(CN)CCCCC2(C)C)CCS1. The number of rotatable bonds is 2. The molecule has 100 valence electrons. The quantitative estimate of drug-likeness (QED) is 0.824. The van der Waals surface area contributed by atoms with E-state index in [1.807, 2.05) is 0 Å². The van der Waals surface area contributed by atoms with Crippen molar-refractivity contribution in [2.45, 2.75) is 57.2 Å². The van der Waals surface area contributed by atoms with E-state index in [4.69, 9.17) is 5.73 Å². The molecule has 1 aliphatic heterocycles. The van der Waals surface area contributed by atoms with Gasteiger partial charge in [0.2, 0.25) is 0 Å². The number of hydrogen-bond acceptors (Lipinski definition) is 3. The minimum absolute atomic E-state index is 0.264. The normalized spacial score (nSPS) is 39.2. The van der Waals surface area contributed by atoms with Gasteiger partial charge in [-0.15, -0.1) is 0 Å². The van der Waals surface area contributed by atoms with Gasteiger partial charge in [0.15, 0.2) is 0 Å². The third-order valence-electron chi connectivity index (χ3n) is 5.09. The average Bonchev–Trinajstić information content (AvgIpc) is 2.29. The van der Waals surface area contributed by atoms with Crippen LogP contribution in [0.4, 0.5) is 0 Å². The van der Waals surface area contributed by atoms with Crippen LogP contribution >= 0.6 is 11.8 Å². The van der Waals surface area contributed by atoms with Gasteiger partial charge in [0.1, 0.15) is 0 Å². The van der Waals surface area contributed by atoms with Gasteiger partial charge in [-0.05, 0) is 18.3 Å². The summed E-state index contributed by atoms with van der Waals surface area (Å²) in [7, 11) is 0. The molecule has 2 atom stereocenters. The summed E-state index contributed by atoms with van der Waals surface area (Å²) in [5, 5.41) is 0.768. The Hall–Kier alpha value is 0.270. The van der Waals surface area contributed by atoms with Crippen molar-refractivity contribution in [3.8, 4) is 0 Å². The first-order valence-electron chi connectivity index (χ1n) is 7.08. The van der Waals surface area contributed by atoms with E-state index in [1.54, 1.807) is 0 Å². The third-order valence-corrected chi connectivity index (χ3v) is 6.22. The van der Waals surface area contributed by atoms with Crippen LogP contribution in [0.15, 0.2) is 0 Å². The van der Waals surface area contributed by atoms with Gasteiger partial charge in [0.05, 0.1) is 0 Å². The highest BCUT2D eigenvalue weighted by Crippen LogP contribution is 2.47. The van der Waals surface area contributed by atoms with E-state index < -0.39 is 0 Å². The van der Waals surface area contributed by atoms with Crippen molar-refractivity contribution in [2.75, 3.05) is 25.4 Å². The zero-order valence-electron chi connectivity index (χ0n) is 11.7. The Labute approximate surface area is 111 Å². The summed E-state index contributed by atoms with van der Waals surface area (Å²) in [5.74, 6) is 1.28. The van der Waals surface area contributed by atoms with Crippen LogP contribution in [-0.4, -0.2) is 41.1 Å². The fraction of sp³-hybridized carbons (Fsp3) is 1.00. The summed E-state index contributed by atoms with van der Waals surface area (Å²) in [4.78, 5) is 2.73. The van der Waals surface area contributed by atoms with Gasteiger partial charge in [0.25, 0.3) is 0 Å². The molecule has 1 aliphatic carbocycles. The minimum Gasteiger partial charge on any atom is -0.329 e. The van der Waals surface area contributed by atoms with E-state index in [0.717, 1.165) is 11.8 Å². The predicted molar refractivity (Wildman–Crippen MR) is 77.5 cm³/mol. The summed E-state index contributed by atoms with van der Waals surface area (Å²) in [6, 6.07) is 0. The Morgan fingerprint density at radius 3 is 2.59 bits per heavy atom. The van der Waals surface area contributed by atoms with Crippen molar-refractivity contribution in [1.29, 1.82) is 0 Å². The first kappa shape index (κ1) is 13.7. The van der Waals surface area contributed by atoms with Gasteiger partial charge in [-0.25, -0.2) is 0 Å². The zero-order chi connectivity index (χ0) is 12.5. The largest absolute Gasteiger partial charge is 0.329 e. The molecule has 17 heavy (non-hydrogen) atoms. The van der Waals surface area contributed by atoms with E-state index in [1.165, 1.54) is 44.5 Å². The van der Waals surface area contributed by atoms with Crippen LogP contribution in [0, 0.1) is 5.41 Å². The average molecular weight is 256 g/mol. The second kappa shape index (κ2) is 5.10. The molecule has 2 rings (SSSR count). The Morgan fingerprint density at radius 2 is 2.00 bits per heavy atom. The van der Waals surface area contributed by atoms with Crippen molar-refractivity contribution in [2.24, 2.45) is 11.1 Å². The minimum atomic E-state index is 0.264. The molecule has 2 fully saturated rings. The number of nitrogens with two attached hydrogens (primary N) is 1. The van der Waals surface area contributed by atoms with E-state index in [2.05, 4.69) is 37.4 Å². The van der Waals surface area contributed by atoms with Crippen LogP contribution < -0.4 is 5.73 Å². The molecule has 2 aliphatic rings. The first-order valence-corrected chi connectivity index (χ1v) is 8.13. The van der Waals surface area contributed by atoms with Gasteiger partial charge >= 0.3 is 0 Å². The van der Waals surface area contributed by atoms with Crippen molar-refractivity contribution < 1.29 is 0 Å². The molecule has 0 spiro atoms. The van der Waals surface area contributed by atoms with Gasteiger partial charge < -0.3 is 5.73 Å². The summed E-state index contributed by atoms with van der Waals surface area (Å²) < 4.78 is 0. The van der Waals surface area contributed by atoms with E-state index >= 15 is 0 Å². The molecule has 1 heterocycles. The lowest BCUT2D eigenvalue weighted by Crippen LogP contribution is -2.65. The van der Waals surface area contributed by atoms with Crippen LogP contribution in [0.25, 0.3) is 0 Å². The molecule has 2 nitrogen and oxygen atoms in total. The molecule has 3 heteroatoms. The standard InChI is InChI=1S/C14H28N2S/c1-12-10-16(8-9-17-12)14(11-15)7-5-4-6-13(14,2)3/h12H,4-11,15H2,1-3H3. The molecular weight excluding hydrogens is 228 g/mol. The molecule has 0 aromatic rings. The highest BCUT2D eigenvalue weighted by Gasteiger charge is 2.50. The van der Waals surface area contributed by atoms with Crippen molar-refractivity contribution in [1.82, 2.24) is 4.90 Å². The number of nitrogens with zero attached hydrogens (tertiary/aromatic N) is 1. The van der Waals surface area contributed by atoms with Crippen LogP contribution in [0.1, 0.15) is 46.5 Å². The highest BCUT2D eigenvalue weighted by molar-refractivity contribution is 7.99. The zero-order valence-corrected chi connectivity index (χ0v) is 12.5. The fourth-order valence-electron chi connectivity index (χ4n) is 3.86. The van der Waals surface area contributed by atoms with Crippen LogP contribution in [0.3, 0.4) is 0 Å². The van der Waals surface area contributed by atoms with Crippen LogP contribution in [0.5, 0.6) is 0 Å². The summed E-state index contributed by atoms with van der Waals surface area (Å²) in [6.45, 7) is 10.5. The molecule has 0 aromatic carbocycles. The molecule has 0 radical (unpaired) electrons. The Balaban J connectivity index is 2.22. The summed E-state index contributed by atoms with van der Waals surface area (Å²) in [5.41, 5.74) is 6.88. The lowest BCUT2D eigenvalue weighted by atomic mass is 9.62. The van der Waals surface area contributed by atoms with Crippen molar-refractivity contribution >= 4 is 11.8 Å². The molecule has 0 amide bonds. The summed E-state index contributed by atoms with van der Waals surface area (Å²) in [6.07, 6.45) is 5.38. The Bertz CT molecular complexity index is 267. The second-order valence-corrected chi connectivity index (χ2v) is 8.00. The van der Waals surface area contributed by atoms with E-state index in [0.29, 0.717) is 5.41 Å². The van der Waals surface area contributed by atoms with Crippen LogP contribution in [-0.2, 0) is 0 Å². The number of thioether (sulfide) groups is 1. The van der Waals surface area contributed by atoms with Crippen molar-refractivity contribution in [3.05, 3.63) is 0 Å². The molecule has 2 N–H and O–H groups in total. The fourth-order valence-corrected chi connectivity index (χ4v) is 4.87. The second-order valence-electron chi connectivity index (χ2n) is 6.45. The molecule has 1 saturated heterocycles. The van der Waals surface area contributed by atoms with E-state index in [9.17, 15) is 0 Å². The van der Waals surface area contributed by atoms with Gasteiger partial charge in [-0.1, -0.05) is 33.6 Å². The topological polar surface area (TPSA) is 29.3 Å². The van der Waals surface area contributed by atoms with Crippen LogP contribution in [0.2, 0.25) is 0 Å². The highest BCUT2D eigenvalue weighted by atomic mass is 32.2. The lowest BCUT2D eigenvalue weighted by molar-refractivity contribution is -0.0415. The monoisotopic (exact) mass is 256 g/mol. The molecular formula is C14H28N2S. The summed E-state index contributed by atoms with van der Waals surface area (Å²) >= 11 is 2.11. The van der Waals surface area contributed by atoms with Gasteiger partial charge in [-0.3, -0.25) is 4.90 Å². The predicted octanol–water partition coefficient (Wildman–Crippen LogP) is 2.72. The first-order chi connectivity index (χ1) is 8.02. The Morgan fingerprint density at radius 1 is 1.29 bits per heavy atom. The smallest absolute Gasteiger partial charge is 0.0383 e. The molecule has 0 aromatic heterocycles. The Kier molecular flexibility index (Phi) is 4.11. The third kappa shape index (κ3) is 2.39. The lowest BCUT2D eigenvalue weighted by Gasteiger charge is -2.57.